The van der Waals surface area contributed by atoms with Crippen LogP contribution in [0.15, 0.2) is 109 Å². The normalized spacial score (nSPS) is 13.0. The highest BCUT2D eigenvalue weighted by Crippen LogP contribution is 2.24. The zero-order chi connectivity index (χ0) is 76.5. The number of imide groups is 1. The second-order valence-corrected chi connectivity index (χ2v) is 27.2. The molecule has 6 atom stereocenters. The lowest BCUT2D eigenvalue weighted by molar-refractivity contribution is -0.148. The van der Waals surface area contributed by atoms with Crippen LogP contribution in [0.1, 0.15) is 158 Å². The fraction of sp³-hybridized carbons (Fsp3) is 0.538. The summed E-state index contributed by atoms with van der Waals surface area (Å²) in [6.07, 6.45) is 8.65. The summed E-state index contributed by atoms with van der Waals surface area (Å²) in [5.74, 6) is -6.67. The van der Waals surface area contributed by atoms with E-state index in [0.29, 0.717) is 152 Å². The quantitative estimate of drug-likeness (QED) is 0.0248. The number of aryl methyl sites for hydroxylation is 1. The summed E-state index contributed by atoms with van der Waals surface area (Å²) >= 11 is 0. The van der Waals surface area contributed by atoms with Crippen LogP contribution < -0.4 is 72.5 Å². The third kappa shape index (κ3) is 30.3. The lowest BCUT2D eigenvalue weighted by Crippen LogP contribution is -2.57. The average molecular weight is 1450 g/mol. The molecule has 5 aromatic rings. The molecule has 0 spiro atoms. The highest BCUT2D eigenvalue weighted by Gasteiger charge is 2.35. The van der Waals surface area contributed by atoms with Gasteiger partial charge in [0.05, 0.1) is 18.6 Å². The van der Waals surface area contributed by atoms with Gasteiger partial charge in [-0.1, -0.05) is 141 Å². The molecular formula is C78H119N17O10. The maximum atomic E-state index is 15.7. The summed E-state index contributed by atoms with van der Waals surface area (Å²) in [5.41, 5.74) is 50.3. The number of carbonyl (C=O) groups excluding carboxylic acids is 10. The molecule has 0 aromatic heterocycles. The molecule has 27 heteroatoms. The van der Waals surface area contributed by atoms with Gasteiger partial charge in [0.1, 0.15) is 43.8 Å². The zero-order valence-electron chi connectivity index (χ0n) is 61.9. The SMILES string of the molecule is CCCCN(CC(=O)NC(=O)[C@@H](CCCCN)NC(=O)[C@@H](CCCCN)NC(=O)[C@H](N)CCCCN)C(=O)CN(Cc1cccc2ccccc12)C(=O)CN(Cc1ccc(C)cc1)C(=O)CN(Cc1cccc2ccccc12)C(=O)[C@H](CCCCN)NC(=O)[C@H](CCCCN)NC(=O)[C@@H](N)CCCCN. The average Bonchev–Trinajstić information content (AvgIpc) is 0.818. The molecule has 0 aliphatic heterocycles. The summed E-state index contributed by atoms with van der Waals surface area (Å²) in [6.45, 7) is 3.22. The molecule has 5 aromatic carbocycles. The second-order valence-electron chi connectivity index (χ2n) is 27.2. The second kappa shape index (κ2) is 48.3. The van der Waals surface area contributed by atoms with Crippen LogP contribution in [0.5, 0.6) is 0 Å². The smallest absolute Gasteiger partial charge is 0.249 e. The highest BCUT2D eigenvalue weighted by atomic mass is 16.2. The Labute approximate surface area is 619 Å². The first-order valence-corrected chi connectivity index (χ1v) is 37.6. The largest absolute Gasteiger partial charge is 0.343 e. The Morgan fingerprint density at radius 2 is 0.724 bits per heavy atom. The van der Waals surface area contributed by atoms with Gasteiger partial charge in [0, 0.05) is 26.2 Å². The number of nitrogens with zero attached hydrogens (tertiary/aromatic N) is 4. The number of carbonyl (C=O) groups is 10. The molecule has 5 rings (SSSR count). The standard InChI is InChI=1S/C78H119N17O10/c1-3-4-47-92(51-69(96)91-77(104)67(35-13-19-45-83)89-75(102)65(33-11-17-43-81)87-73(100)63(85)31-9-15-41-79)70(97)52-94(49-59-27-21-25-57-23-5-7-29-61(57)59)71(98)53-93(48-56-39-37-55(2)38-40-56)72(99)54-95(50-60-28-22-26-58-24-6-8-30-62(58)60)78(105)68(36-14-20-46-84)90-76(103)66(34-12-18-44-82)88-74(101)64(86)32-10-16-42-80/h5-8,21-30,37-40,63-68H,3-4,9-20,31-36,41-54,79-86H2,1-2H3,(H,87,100)(H,88,101)(H,89,102)(H,90,103)(H,91,96,104)/t63-,64+,65-,66+,67-,68+/m1/s1. The van der Waals surface area contributed by atoms with E-state index in [0.717, 1.165) is 27.1 Å². The molecule has 27 nitrogen and oxygen atoms in total. The number of benzene rings is 5. The van der Waals surface area contributed by atoms with Crippen LogP contribution >= 0.6 is 0 Å². The molecule has 0 radical (unpaired) electrons. The molecular weight excluding hydrogens is 1330 g/mol. The molecule has 0 unspecified atom stereocenters. The van der Waals surface area contributed by atoms with Gasteiger partial charge in [0.2, 0.25) is 59.1 Å². The lowest BCUT2D eigenvalue weighted by Gasteiger charge is -2.33. The first-order chi connectivity index (χ1) is 50.7. The van der Waals surface area contributed by atoms with Crippen LogP contribution in [0.4, 0.5) is 0 Å². The van der Waals surface area contributed by atoms with Crippen LogP contribution in [0.25, 0.3) is 21.5 Å². The van der Waals surface area contributed by atoms with Crippen molar-refractivity contribution in [1.29, 1.82) is 0 Å². The molecule has 0 saturated heterocycles. The van der Waals surface area contributed by atoms with E-state index in [1.165, 1.54) is 19.6 Å². The van der Waals surface area contributed by atoms with Crippen molar-refractivity contribution in [2.75, 3.05) is 72.0 Å². The van der Waals surface area contributed by atoms with Crippen molar-refractivity contribution in [3.8, 4) is 0 Å². The Kier molecular flexibility index (Phi) is 40.0. The van der Waals surface area contributed by atoms with Gasteiger partial charge in [-0.2, -0.15) is 0 Å². The first kappa shape index (κ1) is 86.8. The van der Waals surface area contributed by atoms with Crippen molar-refractivity contribution in [3.05, 3.63) is 131 Å². The predicted molar refractivity (Wildman–Crippen MR) is 411 cm³/mol. The molecule has 0 saturated carbocycles. The van der Waals surface area contributed by atoms with Crippen molar-refractivity contribution in [1.82, 2.24) is 46.2 Å². The fourth-order valence-electron chi connectivity index (χ4n) is 12.4. The van der Waals surface area contributed by atoms with E-state index in [9.17, 15) is 28.8 Å². The van der Waals surface area contributed by atoms with Gasteiger partial charge in [0.15, 0.2) is 0 Å². The molecule has 21 N–H and O–H groups in total. The van der Waals surface area contributed by atoms with Crippen LogP contribution in [0, 0.1) is 6.92 Å². The number of rotatable bonds is 51. The highest BCUT2D eigenvalue weighted by molar-refractivity contribution is 6.02. The maximum Gasteiger partial charge on any atom is 0.249 e. The molecule has 10 amide bonds. The van der Waals surface area contributed by atoms with Gasteiger partial charge in [-0.25, -0.2) is 0 Å². The number of nitrogens with one attached hydrogen (secondary N) is 5. The third-order valence-electron chi connectivity index (χ3n) is 18.6. The van der Waals surface area contributed by atoms with Crippen molar-refractivity contribution in [3.63, 3.8) is 0 Å². The van der Waals surface area contributed by atoms with Gasteiger partial charge in [0.25, 0.3) is 0 Å². The van der Waals surface area contributed by atoms with E-state index in [2.05, 4.69) is 26.6 Å². The summed E-state index contributed by atoms with van der Waals surface area (Å²) in [4.78, 5) is 152. The van der Waals surface area contributed by atoms with E-state index in [1.54, 1.807) is 0 Å². The minimum absolute atomic E-state index is 0.0437. The van der Waals surface area contributed by atoms with Crippen molar-refractivity contribution in [2.45, 2.75) is 198 Å². The van der Waals surface area contributed by atoms with E-state index in [1.807, 2.05) is 123 Å². The topological polar surface area (TPSA) is 452 Å². The predicted octanol–water partition coefficient (Wildman–Crippen LogP) is 3.33. The fourth-order valence-corrected chi connectivity index (χ4v) is 12.4. The summed E-state index contributed by atoms with van der Waals surface area (Å²) in [7, 11) is 0. The van der Waals surface area contributed by atoms with Crippen LogP contribution in [0.3, 0.4) is 0 Å². The number of fused-ring (bicyclic) bond motifs is 2. The van der Waals surface area contributed by atoms with Crippen LogP contribution in [0.2, 0.25) is 0 Å². The Hall–Kier alpha value is -8.80. The lowest BCUT2D eigenvalue weighted by atomic mass is 10.0. The Morgan fingerprint density at radius 1 is 0.362 bits per heavy atom. The molecule has 0 aliphatic rings. The number of hydrogen-bond acceptors (Lipinski definition) is 18. The minimum atomic E-state index is -1.26. The van der Waals surface area contributed by atoms with Crippen molar-refractivity contribution < 1.29 is 47.9 Å². The Bertz CT molecular complexity index is 3530. The summed E-state index contributed by atoms with van der Waals surface area (Å²) in [5, 5.41) is 17.0. The zero-order valence-corrected chi connectivity index (χ0v) is 61.9. The van der Waals surface area contributed by atoms with Crippen molar-refractivity contribution in [2.24, 2.45) is 45.9 Å². The van der Waals surface area contributed by atoms with Crippen molar-refractivity contribution >= 4 is 80.6 Å². The van der Waals surface area contributed by atoms with Gasteiger partial charge in [-0.3, -0.25) is 53.3 Å². The minimum Gasteiger partial charge on any atom is -0.343 e. The number of hydrogen-bond donors (Lipinski definition) is 13. The number of unbranched alkanes of at least 4 members (excludes halogenated alkanes) is 7. The first-order valence-electron chi connectivity index (χ1n) is 37.6. The van der Waals surface area contributed by atoms with Gasteiger partial charge >= 0.3 is 0 Å². The molecule has 0 fully saturated rings. The molecule has 105 heavy (non-hydrogen) atoms. The Balaban J connectivity index is 1.52. The third-order valence-corrected chi connectivity index (χ3v) is 18.6. The monoisotopic (exact) mass is 1450 g/mol. The van der Waals surface area contributed by atoms with E-state index < -0.39 is 122 Å². The van der Waals surface area contributed by atoms with Gasteiger partial charge in [-0.15, -0.1) is 0 Å². The number of amides is 10. The number of nitrogens with two attached hydrogens (primary N) is 8. The van der Waals surface area contributed by atoms with Crippen LogP contribution in [-0.2, 0) is 67.6 Å². The summed E-state index contributed by atoms with van der Waals surface area (Å²) in [6, 6.07) is 27.3. The van der Waals surface area contributed by atoms with E-state index >= 15 is 19.2 Å². The van der Waals surface area contributed by atoms with Gasteiger partial charge < -0.3 is 86.7 Å². The maximum absolute atomic E-state index is 15.7. The molecule has 576 valence electrons. The van der Waals surface area contributed by atoms with E-state index in [4.69, 9.17) is 45.9 Å². The van der Waals surface area contributed by atoms with Gasteiger partial charge in [-0.05, 0) is 194 Å². The molecule has 0 bridgehead atoms. The van der Waals surface area contributed by atoms with E-state index in [-0.39, 0.29) is 58.4 Å². The molecule has 0 aliphatic carbocycles. The van der Waals surface area contributed by atoms with Crippen LogP contribution in [-0.4, -0.2) is 187 Å². The Morgan fingerprint density at radius 3 is 1.17 bits per heavy atom. The molecule has 0 heterocycles. The summed E-state index contributed by atoms with van der Waals surface area (Å²) < 4.78 is 0.